The molecule has 0 bridgehead atoms. The third-order valence-electron chi connectivity index (χ3n) is 6.33. The molecule has 1 saturated heterocycles. The highest BCUT2D eigenvalue weighted by molar-refractivity contribution is 5.92. The van der Waals surface area contributed by atoms with Crippen molar-refractivity contribution in [2.24, 2.45) is 5.92 Å². The summed E-state index contributed by atoms with van der Waals surface area (Å²) in [5.41, 5.74) is 5.19. The van der Waals surface area contributed by atoms with Crippen LogP contribution in [-0.4, -0.2) is 45.3 Å². The van der Waals surface area contributed by atoms with Gasteiger partial charge in [0.05, 0.1) is 0 Å². The Balaban J connectivity index is 1.41. The number of carbonyl (C=O) groups excluding carboxylic acids is 1. The van der Waals surface area contributed by atoms with E-state index in [0.29, 0.717) is 18.2 Å². The summed E-state index contributed by atoms with van der Waals surface area (Å²) in [4.78, 5) is 26.6. The van der Waals surface area contributed by atoms with Gasteiger partial charge >= 0.3 is 0 Å². The van der Waals surface area contributed by atoms with Crippen molar-refractivity contribution < 1.29 is 4.79 Å². The number of carbonyl (C=O) groups is 1. The number of hydrogen-bond acceptors (Lipinski definition) is 4. The lowest BCUT2D eigenvalue weighted by atomic mass is 9.95. The lowest BCUT2D eigenvalue weighted by Crippen LogP contribution is -2.40. The maximum atomic E-state index is 13.4. The van der Waals surface area contributed by atoms with Crippen LogP contribution in [0.5, 0.6) is 0 Å². The van der Waals surface area contributed by atoms with Crippen LogP contribution in [0.15, 0.2) is 67.0 Å². The molecule has 1 amide bonds. The van der Waals surface area contributed by atoms with Crippen molar-refractivity contribution in [3.8, 4) is 0 Å². The Kier molecular flexibility index (Phi) is 7.28. The number of amides is 1. The number of likely N-dealkylation sites (tertiary alicyclic amines) is 1. The monoisotopic (exact) mass is 428 g/mol. The summed E-state index contributed by atoms with van der Waals surface area (Å²) < 4.78 is 0. The Morgan fingerprint density at radius 3 is 2.56 bits per heavy atom. The molecule has 0 aliphatic carbocycles. The van der Waals surface area contributed by atoms with Gasteiger partial charge in [-0.1, -0.05) is 36.4 Å². The first-order chi connectivity index (χ1) is 15.6. The normalized spacial score (nSPS) is 14.9. The molecule has 0 N–H and O–H groups in total. The predicted octanol–water partition coefficient (Wildman–Crippen LogP) is 4.65. The summed E-state index contributed by atoms with van der Waals surface area (Å²) in [6.45, 7) is 8.56. The van der Waals surface area contributed by atoms with E-state index >= 15 is 0 Å². The van der Waals surface area contributed by atoms with Gasteiger partial charge in [0, 0.05) is 37.7 Å². The fourth-order valence-corrected chi connectivity index (χ4v) is 4.42. The first-order valence-electron chi connectivity index (χ1n) is 11.5. The lowest BCUT2D eigenvalue weighted by Gasteiger charge is -2.35. The number of piperidine rings is 1. The molecule has 3 heterocycles. The molecule has 4 rings (SSSR count). The summed E-state index contributed by atoms with van der Waals surface area (Å²) in [5, 5.41) is 0. The average Bonchev–Trinajstić information content (AvgIpc) is 2.81. The van der Waals surface area contributed by atoms with Crippen molar-refractivity contribution in [2.75, 3.05) is 19.6 Å². The molecule has 1 aliphatic heterocycles. The summed E-state index contributed by atoms with van der Waals surface area (Å²) in [5.74, 6) is 0.494. The molecule has 1 fully saturated rings. The zero-order chi connectivity index (χ0) is 22.3. The fraction of sp³-hybridized carbons (Fsp3) is 0.370. The third-order valence-corrected chi connectivity index (χ3v) is 6.33. The Hall–Kier alpha value is -3.05. The molecule has 0 saturated carbocycles. The molecular weight excluding hydrogens is 396 g/mol. The van der Waals surface area contributed by atoms with E-state index in [1.165, 1.54) is 11.1 Å². The van der Waals surface area contributed by atoms with Gasteiger partial charge in [-0.15, -0.1) is 0 Å². The molecule has 5 heteroatoms. The van der Waals surface area contributed by atoms with Gasteiger partial charge in [0.15, 0.2) is 0 Å². The predicted molar refractivity (Wildman–Crippen MR) is 127 cm³/mol. The van der Waals surface area contributed by atoms with E-state index in [2.05, 4.69) is 46.1 Å². The smallest absolute Gasteiger partial charge is 0.272 e. The van der Waals surface area contributed by atoms with Crippen LogP contribution < -0.4 is 0 Å². The van der Waals surface area contributed by atoms with Crippen LogP contribution in [0.2, 0.25) is 0 Å². The molecule has 2 aromatic heterocycles. The average molecular weight is 429 g/mol. The van der Waals surface area contributed by atoms with E-state index in [1.54, 1.807) is 6.20 Å². The van der Waals surface area contributed by atoms with Crippen LogP contribution in [0.25, 0.3) is 0 Å². The second kappa shape index (κ2) is 10.5. The van der Waals surface area contributed by atoms with Crippen molar-refractivity contribution in [3.05, 3.63) is 95.1 Å². The van der Waals surface area contributed by atoms with Gasteiger partial charge in [-0.3, -0.25) is 14.7 Å². The van der Waals surface area contributed by atoms with Crippen molar-refractivity contribution >= 4 is 5.91 Å². The van der Waals surface area contributed by atoms with Gasteiger partial charge < -0.3 is 4.90 Å². The molecular formula is C27H32N4O. The number of aryl methyl sites for hydroxylation is 2. The molecule has 1 aliphatic rings. The molecule has 0 radical (unpaired) electrons. The zero-order valence-electron chi connectivity index (χ0n) is 19.1. The molecule has 3 aromatic rings. The molecule has 5 nitrogen and oxygen atoms in total. The van der Waals surface area contributed by atoms with E-state index in [9.17, 15) is 4.79 Å². The minimum atomic E-state index is -0.0000991. The van der Waals surface area contributed by atoms with Gasteiger partial charge in [0.1, 0.15) is 5.69 Å². The van der Waals surface area contributed by atoms with Gasteiger partial charge in [-0.2, -0.15) is 0 Å². The molecule has 0 atom stereocenters. The quantitative estimate of drug-likeness (QED) is 0.550. The SMILES string of the molecule is Cc1cccc(C(=O)N(Cc2cccnc2)CC2CCN(Cc3ccccc3C)CC2)n1. The molecule has 1 aromatic carbocycles. The second-order valence-electron chi connectivity index (χ2n) is 8.86. The zero-order valence-corrected chi connectivity index (χ0v) is 19.1. The van der Waals surface area contributed by atoms with Crippen LogP contribution in [0.1, 0.15) is 45.7 Å². The van der Waals surface area contributed by atoms with E-state index in [1.807, 2.05) is 48.4 Å². The highest BCUT2D eigenvalue weighted by atomic mass is 16.2. The van der Waals surface area contributed by atoms with Crippen molar-refractivity contribution in [1.29, 1.82) is 0 Å². The second-order valence-corrected chi connectivity index (χ2v) is 8.86. The van der Waals surface area contributed by atoms with Crippen LogP contribution in [0.3, 0.4) is 0 Å². The standard InChI is InChI=1S/C27H32N4O/c1-21-7-3-4-10-25(21)20-30-15-12-23(13-16-30)18-31(19-24-9-6-14-28-17-24)27(32)26-11-5-8-22(2)29-26/h3-11,14,17,23H,12-13,15-16,18-20H2,1-2H3. The Bertz CT molecular complexity index is 1030. The number of hydrogen-bond donors (Lipinski definition) is 0. The molecule has 32 heavy (non-hydrogen) atoms. The van der Waals surface area contributed by atoms with Crippen LogP contribution in [0, 0.1) is 19.8 Å². The Morgan fingerprint density at radius 2 is 1.84 bits per heavy atom. The number of aromatic nitrogens is 2. The molecule has 0 unspecified atom stereocenters. The lowest BCUT2D eigenvalue weighted by molar-refractivity contribution is 0.0665. The molecule has 166 valence electrons. The van der Waals surface area contributed by atoms with E-state index < -0.39 is 0 Å². The van der Waals surface area contributed by atoms with Crippen LogP contribution in [-0.2, 0) is 13.1 Å². The van der Waals surface area contributed by atoms with Crippen molar-refractivity contribution in [2.45, 2.75) is 39.8 Å². The summed E-state index contributed by atoms with van der Waals surface area (Å²) >= 11 is 0. The summed E-state index contributed by atoms with van der Waals surface area (Å²) in [6, 6.07) is 18.2. The highest BCUT2D eigenvalue weighted by Crippen LogP contribution is 2.22. The first-order valence-corrected chi connectivity index (χ1v) is 11.5. The van der Waals surface area contributed by atoms with Crippen LogP contribution in [0.4, 0.5) is 0 Å². The highest BCUT2D eigenvalue weighted by Gasteiger charge is 2.25. The van der Waals surface area contributed by atoms with Crippen molar-refractivity contribution in [1.82, 2.24) is 19.8 Å². The van der Waals surface area contributed by atoms with E-state index in [4.69, 9.17) is 0 Å². The minimum Gasteiger partial charge on any atom is -0.333 e. The van der Waals surface area contributed by atoms with Gasteiger partial charge in [0.25, 0.3) is 5.91 Å². The minimum absolute atomic E-state index is 0.0000991. The Labute approximate surface area is 191 Å². The number of pyridine rings is 2. The fourth-order valence-electron chi connectivity index (χ4n) is 4.42. The maximum absolute atomic E-state index is 13.4. The van der Waals surface area contributed by atoms with Crippen molar-refractivity contribution in [3.63, 3.8) is 0 Å². The van der Waals surface area contributed by atoms with E-state index in [-0.39, 0.29) is 5.91 Å². The molecule has 0 spiro atoms. The topological polar surface area (TPSA) is 49.3 Å². The van der Waals surface area contributed by atoms with Gasteiger partial charge in [-0.25, -0.2) is 4.98 Å². The van der Waals surface area contributed by atoms with Gasteiger partial charge in [-0.05, 0) is 80.6 Å². The van der Waals surface area contributed by atoms with E-state index in [0.717, 1.165) is 50.3 Å². The Morgan fingerprint density at radius 1 is 1.03 bits per heavy atom. The van der Waals surface area contributed by atoms with Gasteiger partial charge in [0.2, 0.25) is 0 Å². The maximum Gasteiger partial charge on any atom is 0.272 e. The number of nitrogens with zero attached hydrogens (tertiary/aromatic N) is 4. The largest absolute Gasteiger partial charge is 0.333 e. The van der Waals surface area contributed by atoms with Crippen LogP contribution >= 0.6 is 0 Å². The third kappa shape index (κ3) is 5.80. The number of rotatable bonds is 7. The number of benzene rings is 1. The summed E-state index contributed by atoms with van der Waals surface area (Å²) in [6.07, 6.45) is 5.81. The first kappa shape index (κ1) is 22.2. The summed E-state index contributed by atoms with van der Waals surface area (Å²) in [7, 11) is 0.